The number of halogens is 1. The normalized spacial score (nSPS) is 32.1. The number of allylic oxidation sites excluding steroid dienone is 1. The smallest absolute Gasteiger partial charge is 0.408 e. The monoisotopic (exact) mass is 809 g/mol. The van der Waals surface area contributed by atoms with Crippen LogP contribution >= 0.6 is 11.6 Å². The van der Waals surface area contributed by atoms with Crippen LogP contribution in [0.4, 0.5) is 4.79 Å². The molecule has 2 saturated heterocycles. The van der Waals surface area contributed by atoms with Gasteiger partial charge in [0.1, 0.15) is 58.5 Å². The number of alkyl carbamates (subject to hydrolysis) is 1. The number of nitrogens with zero attached hydrogens (tertiary/aromatic N) is 3. The van der Waals surface area contributed by atoms with Crippen molar-refractivity contribution in [3.05, 3.63) is 35.4 Å². The van der Waals surface area contributed by atoms with Gasteiger partial charge >= 0.3 is 12.1 Å². The lowest BCUT2D eigenvalue weighted by molar-refractivity contribution is -0.145. The number of carboxylic acid groups (broad SMARTS) is 1. The summed E-state index contributed by atoms with van der Waals surface area (Å²) in [5.74, 6) is -0.209. The van der Waals surface area contributed by atoms with Gasteiger partial charge in [-0.2, -0.15) is 0 Å². The minimum Gasteiger partial charge on any atom is -0.491 e. The number of aliphatic carboxylic acids is 1. The maximum Gasteiger partial charge on any atom is 0.408 e. The van der Waals surface area contributed by atoms with Gasteiger partial charge in [0, 0.05) is 43.4 Å². The number of methoxy groups -OCH3 is 1. The van der Waals surface area contributed by atoms with Crippen molar-refractivity contribution in [1.82, 2.24) is 25.4 Å². The second-order valence-corrected chi connectivity index (χ2v) is 16.7. The van der Waals surface area contributed by atoms with E-state index in [2.05, 4.69) is 20.5 Å². The summed E-state index contributed by atoms with van der Waals surface area (Å²) in [4.78, 5) is 62.8. The molecule has 1 aromatic heterocycles. The molecule has 2 aromatic rings. The van der Waals surface area contributed by atoms with Crippen molar-refractivity contribution < 1.29 is 48.0 Å². The lowest BCUT2D eigenvalue weighted by Crippen LogP contribution is -2.56. The van der Waals surface area contributed by atoms with Crippen molar-refractivity contribution in [3.63, 3.8) is 0 Å². The molecule has 16 heteroatoms. The van der Waals surface area contributed by atoms with Gasteiger partial charge in [0.25, 0.3) is 0 Å². The van der Waals surface area contributed by atoms with Gasteiger partial charge in [-0.25, -0.2) is 14.6 Å². The van der Waals surface area contributed by atoms with Crippen LogP contribution in [0, 0.1) is 17.8 Å². The number of benzene rings is 1. The summed E-state index contributed by atoms with van der Waals surface area (Å²) in [5.41, 5.74) is -1.06. The predicted molar refractivity (Wildman–Crippen MR) is 207 cm³/mol. The third kappa shape index (κ3) is 8.75. The van der Waals surface area contributed by atoms with Crippen molar-refractivity contribution in [2.75, 3.05) is 53.1 Å². The molecule has 8 rings (SSSR count). The van der Waals surface area contributed by atoms with E-state index < -0.39 is 47.6 Å². The Hall–Kier alpha value is -4.34. The van der Waals surface area contributed by atoms with E-state index in [0.29, 0.717) is 73.4 Å². The molecule has 1 unspecified atom stereocenters. The van der Waals surface area contributed by atoms with Crippen LogP contribution in [-0.2, 0) is 23.9 Å². The fourth-order valence-corrected chi connectivity index (χ4v) is 9.28. The van der Waals surface area contributed by atoms with Gasteiger partial charge in [-0.05, 0) is 68.9 Å². The lowest BCUT2D eigenvalue weighted by Gasteiger charge is -2.29. The molecule has 5 fully saturated rings. The molecule has 57 heavy (non-hydrogen) atoms. The van der Waals surface area contributed by atoms with Crippen LogP contribution in [0.2, 0.25) is 5.02 Å². The van der Waals surface area contributed by atoms with Crippen LogP contribution in [0.25, 0.3) is 10.9 Å². The number of morpholine rings is 1. The Morgan fingerprint density at radius 2 is 1.88 bits per heavy atom. The Balaban J connectivity index is 1.03. The van der Waals surface area contributed by atoms with Crippen LogP contribution in [-0.4, -0.2) is 127 Å². The number of carbonyl (C=O) groups excluding carboxylic acids is 3. The van der Waals surface area contributed by atoms with E-state index in [1.165, 1.54) is 18.4 Å². The van der Waals surface area contributed by atoms with Crippen molar-refractivity contribution >= 4 is 46.4 Å². The molecule has 15 nitrogen and oxygen atoms in total. The molecule has 3 aliphatic heterocycles. The molecule has 3 amide bonds. The van der Waals surface area contributed by atoms with Crippen molar-refractivity contribution in [2.24, 2.45) is 17.8 Å². The molecule has 1 aromatic carbocycles. The number of amides is 3. The highest BCUT2D eigenvalue weighted by atomic mass is 35.5. The second-order valence-electron chi connectivity index (χ2n) is 16.3. The largest absolute Gasteiger partial charge is 0.491 e. The molecule has 3 saturated carbocycles. The van der Waals surface area contributed by atoms with Gasteiger partial charge < -0.3 is 44.3 Å². The number of rotatable bonds is 10. The van der Waals surface area contributed by atoms with Gasteiger partial charge in [0.2, 0.25) is 17.7 Å². The molecular formula is C41H52ClN5O10. The second kappa shape index (κ2) is 16.9. The number of hydrogen-bond acceptors (Lipinski definition) is 11. The Bertz CT molecular complexity index is 1880. The Kier molecular flexibility index (Phi) is 11.7. The molecule has 0 spiro atoms. The summed E-state index contributed by atoms with van der Waals surface area (Å²) in [5, 5.41) is 16.8. The van der Waals surface area contributed by atoms with E-state index in [4.69, 9.17) is 35.3 Å². The summed E-state index contributed by atoms with van der Waals surface area (Å²) < 4.78 is 29.4. The van der Waals surface area contributed by atoms with Crippen molar-refractivity contribution in [2.45, 2.75) is 94.0 Å². The minimum atomic E-state index is -1.46. The summed E-state index contributed by atoms with van der Waals surface area (Å²) in [6, 6.07) is 3.17. The number of hydrogen-bond donors (Lipinski definition) is 3. The first-order valence-corrected chi connectivity index (χ1v) is 20.8. The van der Waals surface area contributed by atoms with Gasteiger partial charge in [-0.15, -0.1) is 0 Å². The van der Waals surface area contributed by atoms with Crippen LogP contribution in [0.3, 0.4) is 0 Å². The van der Waals surface area contributed by atoms with Gasteiger partial charge in [0.05, 0.1) is 26.9 Å². The van der Waals surface area contributed by atoms with Crippen molar-refractivity contribution in [1.29, 1.82) is 0 Å². The fourth-order valence-electron chi connectivity index (χ4n) is 9.02. The first-order valence-electron chi connectivity index (χ1n) is 20.4. The summed E-state index contributed by atoms with van der Waals surface area (Å²) in [6.45, 7) is 4.19. The average Bonchev–Trinajstić information content (AvgIpc) is 4.00. The highest BCUT2D eigenvalue weighted by molar-refractivity contribution is 6.36. The first kappa shape index (κ1) is 39.5. The molecule has 0 radical (unpaired) electrons. The summed E-state index contributed by atoms with van der Waals surface area (Å²) in [7, 11) is 1.48. The summed E-state index contributed by atoms with van der Waals surface area (Å²) >= 11 is 6.89. The van der Waals surface area contributed by atoms with Crippen molar-refractivity contribution in [3.8, 4) is 17.4 Å². The SMILES string of the molecule is COc1cc(O[C@@H]2C[C@H]3C(=O)N[C@]4(C(=O)O)C[C@H]4/C=C\CCCCC[C@H](NC(=O)OC4C[C@@H]5C[C@@H]5C4)C(=O)N3C2)c2ccc(OCCN3CCOCC3)c(Cl)c2n1. The highest BCUT2D eigenvalue weighted by Gasteiger charge is 2.61. The molecular weight excluding hydrogens is 758 g/mol. The molecule has 308 valence electrons. The number of carboxylic acids is 1. The maximum absolute atomic E-state index is 14.5. The number of aromatic nitrogens is 1. The number of pyridine rings is 1. The first-order chi connectivity index (χ1) is 27.6. The van der Waals surface area contributed by atoms with Crippen LogP contribution < -0.4 is 24.8 Å². The predicted octanol–water partition coefficient (Wildman–Crippen LogP) is 4.33. The molecule has 8 atom stereocenters. The lowest BCUT2D eigenvalue weighted by atomic mass is 10.0. The number of nitrogens with one attached hydrogen (secondary N) is 2. The molecule has 3 aliphatic carbocycles. The van der Waals surface area contributed by atoms with Gasteiger partial charge in [-0.3, -0.25) is 14.5 Å². The number of carbonyl (C=O) groups is 4. The molecule has 3 N–H and O–H groups in total. The standard InChI is InChI=1S/C41H52ClN5O10/c1-53-34-21-33(29-9-10-32(35(42)36(29)44-34)55-16-13-46-11-14-54-15-12-46)56-28-20-31-37(48)45-41(39(50)51)22-26(41)7-5-3-2-4-6-8-30(38(49)47(31)23-28)43-40(52)57-27-18-24-17-25(24)19-27/h5,7,9-10,21,24-28,30-31H,2-4,6,8,11-20,22-23H2,1H3,(H,43,52)(H,45,48)(H,50,51)/b7-5-/t24-,25+,26-,27?,28-,30+,31+,41-/m1/s1. The van der Waals surface area contributed by atoms with Crippen LogP contribution in [0.15, 0.2) is 30.4 Å². The Morgan fingerprint density at radius 1 is 1.07 bits per heavy atom. The van der Waals surface area contributed by atoms with E-state index in [1.807, 2.05) is 12.2 Å². The van der Waals surface area contributed by atoms with Gasteiger partial charge in [-0.1, -0.05) is 36.6 Å². The van der Waals surface area contributed by atoms with E-state index in [9.17, 15) is 24.3 Å². The Morgan fingerprint density at radius 3 is 2.65 bits per heavy atom. The third-order valence-electron chi connectivity index (χ3n) is 12.5. The third-order valence-corrected chi connectivity index (χ3v) is 12.8. The van der Waals surface area contributed by atoms with E-state index in [-0.39, 0.29) is 42.3 Å². The van der Waals surface area contributed by atoms with E-state index >= 15 is 0 Å². The van der Waals surface area contributed by atoms with Crippen LogP contribution in [0.5, 0.6) is 17.4 Å². The summed E-state index contributed by atoms with van der Waals surface area (Å²) in [6.07, 6.45) is 8.92. The maximum atomic E-state index is 14.5. The topological polar surface area (TPSA) is 178 Å². The van der Waals surface area contributed by atoms with Crippen LogP contribution in [0.1, 0.15) is 64.2 Å². The molecule has 6 aliphatic rings. The molecule has 4 heterocycles. The average molecular weight is 810 g/mol. The number of ether oxygens (including phenoxy) is 5. The van der Waals surface area contributed by atoms with E-state index in [0.717, 1.165) is 45.2 Å². The fraction of sp³-hybridized carbons (Fsp3) is 0.634. The van der Waals surface area contributed by atoms with E-state index in [1.54, 1.807) is 18.2 Å². The van der Waals surface area contributed by atoms with Gasteiger partial charge in [0.15, 0.2) is 0 Å². The minimum absolute atomic E-state index is 0.00212. The Labute approximate surface area is 336 Å². The zero-order valence-corrected chi connectivity index (χ0v) is 33.0. The zero-order chi connectivity index (χ0) is 39.7. The number of fused-ring (bicyclic) bond motifs is 4. The molecule has 0 bridgehead atoms. The quantitative estimate of drug-likeness (QED) is 0.290. The highest BCUT2D eigenvalue weighted by Crippen LogP contribution is 2.52. The zero-order valence-electron chi connectivity index (χ0n) is 32.3.